The predicted molar refractivity (Wildman–Crippen MR) is 76.8 cm³/mol. The van der Waals surface area contributed by atoms with E-state index in [4.69, 9.17) is 0 Å². The number of carbonyl (C=O) groups is 1. The molecule has 0 aliphatic rings. The SMILES string of the molecule is CC(=O)c1cccc(S(=O)(=O)NCc2ccc(F)c(F)c2)c1. The molecule has 0 radical (unpaired) electrons. The molecule has 0 aliphatic heterocycles. The smallest absolute Gasteiger partial charge is 0.240 e. The lowest BCUT2D eigenvalue weighted by atomic mass is 10.2. The van der Waals surface area contributed by atoms with Crippen LogP contribution < -0.4 is 4.72 Å². The molecule has 0 unspecified atom stereocenters. The van der Waals surface area contributed by atoms with E-state index in [9.17, 15) is 22.0 Å². The van der Waals surface area contributed by atoms with Crippen LogP contribution >= 0.6 is 0 Å². The maximum absolute atomic E-state index is 13.1. The van der Waals surface area contributed by atoms with Gasteiger partial charge in [-0.1, -0.05) is 18.2 Å². The summed E-state index contributed by atoms with van der Waals surface area (Å²) in [5, 5.41) is 0. The number of halogens is 2. The molecule has 0 spiro atoms. The number of nitrogens with one attached hydrogen (secondary N) is 1. The lowest BCUT2D eigenvalue weighted by Crippen LogP contribution is -2.23. The number of benzene rings is 2. The Morgan fingerprint density at radius 3 is 2.45 bits per heavy atom. The van der Waals surface area contributed by atoms with Crippen LogP contribution in [0.1, 0.15) is 22.8 Å². The summed E-state index contributed by atoms with van der Waals surface area (Å²) in [5.41, 5.74) is 0.556. The Morgan fingerprint density at radius 2 is 1.82 bits per heavy atom. The average Bonchev–Trinajstić information content (AvgIpc) is 2.48. The quantitative estimate of drug-likeness (QED) is 0.860. The summed E-state index contributed by atoms with van der Waals surface area (Å²) in [5.74, 6) is -2.30. The van der Waals surface area contributed by atoms with E-state index in [1.54, 1.807) is 0 Å². The minimum atomic E-state index is -3.86. The molecule has 22 heavy (non-hydrogen) atoms. The molecule has 0 aromatic heterocycles. The first-order valence-corrected chi connectivity index (χ1v) is 7.82. The fourth-order valence-electron chi connectivity index (χ4n) is 1.79. The second kappa shape index (κ2) is 6.33. The number of rotatable bonds is 5. The first-order chi connectivity index (χ1) is 10.3. The molecular weight excluding hydrogens is 312 g/mol. The molecular formula is C15H13F2NO3S. The van der Waals surface area contributed by atoms with Crippen molar-refractivity contribution in [3.63, 3.8) is 0 Å². The minimum Gasteiger partial charge on any atom is -0.295 e. The highest BCUT2D eigenvalue weighted by Crippen LogP contribution is 2.14. The Kier molecular flexibility index (Phi) is 4.68. The van der Waals surface area contributed by atoms with E-state index in [1.165, 1.54) is 37.3 Å². The van der Waals surface area contributed by atoms with Crippen molar-refractivity contribution in [3.05, 3.63) is 65.2 Å². The highest BCUT2D eigenvalue weighted by atomic mass is 32.2. The first kappa shape index (κ1) is 16.3. The number of sulfonamides is 1. The van der Waals surface area contributed by atoms with Crippen molar-refractivity contribution < 1.29 is 22.0 Å². The van der Waals surface area contributed by atoms with E-state index in [0.29, 0.717) is 0 Å². The first-order valence-electron chi connectivity index (χ1n) is 6.34. The van der Waals surface area contributed by atoms with E-state index in [0.717, 1.165) is 12.1 Å². The third kappa shape index (κ3) is 3.75. The van der Waals surface area contributed by atoms with Gasteiger partial charge in [-0.25, -0.2) is 21.9 Å². The molecule has 2 aromatic rings. The van der Waals surface area contributed by atoms with Crippen LogP contribution in [0, 0.1) is 11.6 Å². The van der Waals surface area contributed by atoms with Gasteiger partial charge in [-0.2, -0.15) is 0 Å². The van der Waals surface area contributed by atoms with Crippen molar-refractivity contribution in [3.8, 4) is 0 Å². The molecule has 4 nitrogen and oxygen atoms in total. The van der Waals surface area contributed by atoms with Crippen LogP contribution in [-0.4, -0.2) is 14.2 Å². The summed E-state index contributed by atoms with van der Waals surface area (Å²) >= 11 is 0. The van der Waals surface area contributed by atoms with Gasteiger partial charge in [-0.3, -0.25) is 4.79 Å². The van der Waals surface area contributed by atoms with Gasteiger partial charge in [-0.15, -0.1) is 0 Å². The molecule has 0 bridgehead atoms. The van der Waals surface area contributed by atoms with Crippen molar-refractivity contribution in [1.29, 1.82) is 0 Å². The highest BCUT2D eigenvalue weighted by molar-refractivity contribution is 7.89. The van der Waals surface area contributed by atoms with Gasteiger partial charge >= 0.3 is 0 Å². The van der Waals surface area contributed by atoms with Gasteiger partial charge < -0.3 is 0 Å². The second-order valence-electron chi connectivity index (χ2n) is 4.66. The van der Waals surface area contributed by atoms with Crippen LogP contribution in [0.2, 0.25) is 0 Å². The second-order valence-corrected chi connectivity index (χ2v) is 6.42. The Hall–Kier alpha value is -2.12. The molecule has 0 fully saturated rings. The van der Waals surface area contributed by atoms with Crippen molar-refractivity contribution in [2.45, 2.75) is 18.4 Å². The van der Waals surface area contributed by atoms with Gasteiger partial charge in [0.2, 0.25) is 10.0 Å². The maximum Gasteiger partial charge on any atom is 0.240 e. The predicted octanol–water partition coefficient (Wildman–Crippen LogP) is 2.65. The summed E-state index contributed by atoms with van der Waals surface area (Å²) in [6.45, 7) is 1.14. The molecule has 2 aromatic carbocycles. The van der Waals surface area contributed by atoms with E-state index >= 15 is 0 Å². The van der Waals surface area contributed by atoms with E-state index in [-0.39, 0.29) is 28.4 Å². The maximum atomic E-state index is 13.1. The van der Waals surface area contributed by atoms with Crippen molar-refractivity contribution in [2.24, 2.45) is 0 Å². The lowest BCUT2D eigenvalue weighted by Gasteiger charge is -2.08. The van der Waals surface area contributed by atoms with Gasteiger partial charge in [-0.05, 0) is 36.8 Å². The number of hydrogen-bond donors (Lipinski definition) is 1. The summed E-state index contributed by atoms with van der Waals surface area (Å²) in [6, 6.07) is 8.71. The third-order valence-corrected chi connectivity index (χ3v) is 4.40. The molecule has 0 saturated heterocycles. The fraction of sp³-hybridized carbons (Fsp3) is 0.133. The average molecular weight is 325 g/mol. The standard InChI is InChI=1S/C15H13F2NO3S/c1-10(19)12-3-2-4-13(8-12)22(20,21)18-9-11-5-6-14(16)15(17)7-11/h2-8,18H,9H2,1H3. The zero-order valence-corrected chi connectivity index (χ0v) is 12.5. The number of hydrogen-bond acceptors (Lipinski definition) is 3. The summed E-state index contributed by atoms with van der Waals surface area (Å²) in [6.07, 6.45) is 0. The lowest BCUT2D eigenvalue weighted by molar-refractivity contribution is 0.101. The Labute approximate surface area is 126 Å². The molecule has 0 aliphatic carbocycles. The molecule has 0 saturated carbocycles. The third-order valence-electron chi connectivity index (χ3n) is 3.00. The van der Waals surface area contributed by atoms with Gasteiger partial charge in [0.05, 0.1) is 4.90 Å². The Morgan fingerprint density at radius 1 is 1.09 bits per heavy atom. The molecule has 1 N–H and O–H groups in total. The van der Waals surface area contributed by atoms with Crippen LogP contribution in [0.5, 0.6) is 0 Å². The van der Waals surface area contributed by atoms with Crippen LogP contribution in [0.25, 0.3) is 0 Å². The highest BCUT2D eigenvalue weighted by Gasteiger charge is 2.15. The molecule has 116 valence electrons. The van der Waals surface area contributed by atoms with Crippen LogP contribution in [0.15, 0.2) is 47.4 Å². The van der Waals surface area contributed by atoms with E-state index < -0.39 is 21.7 Å². The van der Waals surface area contributed by atoms with Gasteiger partial charge in [0.25, 0.3) is 0 Å². The number of Topliss-reactive ketones (excluding diaryl/α,β-unsaturated/α-hetero) is 1. The van der Waals surface area contributed by atoms with Crippen molar-refractivity contribution in [1.82, 2.24) is 4.72 Å². The normalized spacial score (nSPS) is 11.4. The van der Waals surface area contributed by atoms with Gasteiger partial charge in [0.1, 0.15) is 0 Å². The van der Waals surface area contributed by atoms with Crippen LogP contribution in [0.4, 0.5) is 8.78 Å². The summed E-state index contributed by atoms with van der Waals surface area (Å²) in [7, 11) is -3.86. The van der Waals surface area contributed by atoms with Crippen LogP contribution in [-0.2, 0) is 16.6 Å². The molecule has 7 heteroatoms. The largest absolute Gasteiger partial charge is 0.295 e. The Bertz CT molecular complexity index is 819. The minimum absolute atomic E-state index is 0.0669. The topological polar surface area (TPSA) is 63.2 Å². The molecule has 0 heterocycles. The van der Waals surface area contributed by atoms with E-state index in [1.807, 2.05) is 0 Å². The van der Waals surface area contributed by atoms with Gasteiger partial charge in [0, 0.05) is 12.1 Å². The number of ketones is 1. The summed E-state index contributed by atoms with van der Waals surface area (Å²) < 4.78 is 52.4. The molecule has 0 atom stereocenters. The zero-order chi connectivity index (χ0) is 16.3. The Balaban J connectivity index is 2.19. The van der Waals surface area contributed by atoms with Crippen LogP contribution in [0.3, 0.4) is 0 Å². The zero-order valence-electron chi connectivity index (χ0n) is 11.6. The van der Waals surface area contributed by atoms with Crippen molar-refractivity contribution in [2.75, 3.05) is 0 Å². The molecule has 2 rings (SSSR count). The van der Waals surface area contributed by atoms with Gasteiger partial charge in [0.15, 0.2) is 17.4 Å². The van der Waals surface area contributed by atoms with Crippen molar-refractivity contribution >= 4 is 15.8 Å². The summed E-state index contributed by atoms with van der Waals surface area (Å²) in [4.78, 5) is 11.2. The molecule has 0 amide bonds. The van der Waals surface area contributed by atoms with E-state index in [2.05, 4.69) is 4.72 Å². The number of carbonyl (C=O) groups excluding carboxylic acids is 1. The monoisotopic (exact) mass is 325 g/mol. The fourth-order valence-corrected chi connectivity index (χ4v) is 2.86.